The molecule has 0 bridgehead atoms. The third-order valence-electron chi connectivity index (χ3n) is 3.77. The number of hydrogen-bond donors (Lipinski definition) is 2. The zero-order valence-corrected chi connectivity index (χ0v) is 19.0. The number of nitrogens with zero attached hydrogens (tertiary/aromatic N) is 2. The number of anilines is 1. The van der Waals surface area contributed by atoms with Gasteiger partial charge in [0.15, 0.2) is 0 Å². The Bertz CT molecular complexity index is 1240. The molecule has 2 amide bonds. The monoisotopic (exact) mass is 526 g/mol. The number of carbonyl (C=O) groups excluding carboxylic acids is 1. The summed E-state index contributed by atoms with van der Waals surface area (Å²) in [4.78, 5) is 20.1. The number of urea groups is 1. The largest absolute Gasteiger partial charge is 0.335 e. The van der Waals surface area contributed by atoms with Crippen molar-refractivity contribution in [1.29, 1.82) is 0 Å². The lowest BCUT2D eigenvalue weighted by molar-refractivity contribution is 0.256. The summed E-state index contributed by atoms with van der Waals surface area (Å²) in [6, 6.07) is 12.0. The number of aromatic nitrogens is 2. The van der Waals surface area contributed by atoms with Crippen molar-refractivity contribution in [2.45, 2.75) is 4.90 Å². The fourth-order valence-corrected chi connectivity index (χ4v) is 4.29. The molecule has 154 valence electrons. The van der Waals surface area contributed by atoms with E-state index in [4.69, 9.17) is 23.2 Å². The van der Waals surface area contributed by atoms with Gasteiger partial charge in [0.2, 0.25) is 5.95 Å². The number of amides is 2. The van der Waals surface area contributed by atoms with Gasteiger partial charge in [0.05, 0.1) is 10.7 Å². The predicted molar refractivity (Wildman–Crippen MR) is 121 cm³/mol. The fraction of sp³-hybridized carbons (Fsp3) is 0. The Labute approximate surface area is 191 Å². The van der Waals surface area contributed by atoms with Crippen LogP contribution in [0.25, 0.3) is 17.3 Å². The van der Waals surface area contributed by atoms with Crippen molar-refractivity contribution < 1.29 is 13.2 Å². The van der Waals surface area contributed by atoms with Crippen LogP contribution in [-0.4, -0.2) is 24.4 Å². The number of sulfonamides is 1. The molecule has 3 rings (SSSR count). The number of rotatable bonds is 5. The normalized spacial score (nSPS) is 11.0. The minimum Gasteiger partial charge on any atom is -0.275 e. The first-order chi connectivity index (χ1) is 14.2. The van der Waals surface area contributed by atoms with Gasteiger partial charge in [-0.3, -0.25) is 5.32 Å². The molecule has 2 N–H and O–H groups in total. The maximum Gasteiger partial charge on any atom is 0.335 e. The third kappa shape index (κ3) is 5.37. The van der Waals surface area contributed by atoms with Gasteiger partial charge in [0.25, 0.3) is 10.0 Å². The lowest BCUT2D eigenvalue weighted by Crippen LogP contribution is -2.35. The van der Waals surface area contributed by atoms with E-state index >= 15 is 0 Å². The first-order valence-electron chi connectivity index (χ1n) is 8.24. The quantitative estimate of drug-likeness (QED) is 0.434. The summed E-state index contributed by atoms with van der Waals surface area (Å²) in [6.45, 7) is 3.58. The predicted octanol–water partition coefficient (Wildman–Crippen LogP) is 5.37. The summed E-state index contributed by atoms with van der Waals surface area (Å²) < 4.78 is 27.9. The van der Waals surface area contributed by atoms with Gasteiger partial charge in [-0.1, -0.05) is 70.0 Å². The van der Waals surface area contributed by atoms with Crippen LogP contribution in [0.1, 0.15) is 5.56 Å². The highest BCUT2D eigenvalue weighted by molar-refractivity contribution is 9.10. The van der Waals surface area contributed by atoms with E-state index in [1.807, 2.05) is 16.9 Å². The van der Waals surface area contributed by atoms with E-state index in [0.29, 0.717) is 11.3 Å². The number of halogens is 3. The van der Waals surface area contributed by atoms with E-state index in [9.17, 15) is 13.2 Å². The van der Waals surface area contributed by atoms with Crippen molar-refractivity contribution in [2.24, 2.45) is 0 Å². The molecule has 0 saturated carbocycles. The molecule has 3 aromatic rings. The van der Waals surface area contributed by atoms with Gasteiger partial charge in [-0.15, -0.1) is 0 Å². The zero-order valence-electron chi connectivity index (χ0n) is 15.1. The van der Waals surface area contributed by atoms with Crippen LogP contribution in [0.2, 0.25) is 10.2 Å². The minimum atomic E-state index is -4.26. The Hall–Kier alpha value is -2.46. The second-order valence-corrected chi connectivity index (χ2v) is 9.22. The van der Waals surface area contributed by atoms with E-state index in [-0.39, 0.29) is 21.0 Å². The van der Waals surface area contributed by atoms with Crippen molar-refractivity contribution in [2.75, 3.05) is 5.32 Å². The summed E-state index contributed by atoms with van der Waals surface area (Å²) in [5.41, 5.74) is 1.70. The molecular formula is C19H13BrCl2N4O3S. The molecule has 11 heteroatoms. The third-order valence-corrected chi connectivity index (χ3v) is 6.30. The number of benzene rings is 2. The highest BCUT2D eigenvalue weighted by atomic mass is 79.9. The van der Waals surface area contributed by atoms with Crippen molar-refractivity contribution in [3.8, 4) is 11.3 Å². The number of nitrogens with one attached hydrogen (secondary N) is 2. The van der Waals surface area contributed by atoms with Gasteiger partial charge in [-0.2, -0.15) is 0 Å². The van der Waals surface area contributed by atoms with Crippen LogP contribution in [0.4, 0.5) is 10.7 Å². The summed E-state index contributed by atoms with van der Waals surface area (Å²) >= 11 is 15.3. The van der Waals surface area contributed by atoms with Crippen LogP contribution >= 0.6 is 39.1 Å². The molecule has 1 aromatic heterocycles. The minimum absolute atomic E-state index is 0.0440. The van der Waals surface area contributed by atoms with Gasteiger partial charge in [-0.25, -0.2) is 27.9 Å². The van der Waals surface area contributed by atoms with Gasteiger partial charge in [-0.05, 0) is 29.8 Å². The molecule has 0 aliphatic carbocycles. The Kier molecular flexibility index (Phi) is 6.77. The topological polar surface area (TPSA) is 101 Å². The van der Waals surface area contributed by atoms with Crippen LogP contribution < -0.4 is 10.0 Å². The first-order valence-corrected chi connectivity index (χ1v) is 11.3. The van der Waals surface area contributed by atoms with Crippen molar-refractivity contribution in [3.63, 3.8) is 0 Å². The smallest absolute Gasteiger partial charge is 0.275 e. The average Bonchev–Trinajstić information content (AvgIpc) is 2.67. The summed E-state index contributed by atoms with van der Waals surface area (Å²) in [5, 5.41) is 2.30. The lowest BCUT2D eigenvalue weighted by Gasteiger charge is -2.11. The Balaban J connectivity index is 1.82. The van der Waals surface area contributed by atoms with E-state index in [0.717, 1.165) is 10.0 Å². The van der Waals surface area contributed by atoms with E-state index < -0.39 is 16.1 Å². The van der Waals surface area contributed by atoms with Crippen LogP contribution in [0, 0.1) is 0 Å². The van der Waals surface area contributed by atoms with Crippen molar-refractivity contribution in [3.05, 3.63) is 75.3 Å². The Morgan fingerprint density at radius 3 is 2.43 bits per heavy atom. The molecule has 0 unspecified atom stereocenters. The zero-order chi connectivity index (χ0) is 21.9. The molecule has 0 spiro atoms. The van der Waals surface area contributed by atoms with Crippen molar-refractivity contribution >= 4 is 67.2 Å². The van der Waals surface area contributed by atoms with Crippen LogP contribution in [0.5, 0.6) is 0 Å². The van der Waals surface area contributed by atoms with E-state index in [2.05, 4.69) is 37.8 Å². The highest BCUT2D eigenvalue weighted by Crippen LogP contribution is 2.24. The second kappa shape index (κ2) is 9.13. The maximum atomic E-state index is 12.5. The van der Waals surface area contributed by atoms with Gasteiger partial charge in [0.1, 0.15) is 10.0 Å². The van der Waals surface area contributed by atoms with Crippen LogP contribution in [0.15, 0.2) is 64.5 Å². The molecule has 0 fully saturated rings. The van der Waals surface area contributed by atoms with Gasteiger partial charge >= 0.3 is 6.03 Å². The molecule has 30 heavy (non-hydrogen) atoms. The van der Waals surface area contributed by atoms with Crippen LogP contribution in [0.3, 0.4) is 0 Å². The highest BCUT2D eigenvalue weighted by Gasteiger charge is 2.22. The van der Waals surface area contributed by atoms with E-state index in [1.54, 1.807) is 18.2 Å². The molecule has 0 aliphatic heterocycles. The van der Waals surface area contributed by atoms with Crippen LogP contribution in [-0.2, 0) is 10.0 Å². The van der Waals surface area contributed by atoms with Gasteiger partial charge < -0.3 is 0 Å². The average molecular weight is 528 g/mol. The summed E-state index contributed by atoms with van der Waals surface area (Å²) in [5.74, 6) is -0.168. The number of hydrogen-bond acceptors (Lipinski definition) is 5. The molecular weight excluding hydrogens is 515 g/mol. The molecule has 0 saturated heterocycles. The summed E-state index contributed by atoms with van der Waals surface area (Å²) in [7, 11) is -4.26. The summed E-state index contributed by atoms with van der Waals surface area (Å²) in [6.07, 6.45) is 1.46. The molecule has 2 aromatic carbocycles. The molecule has 0 atom stereocenters. The van der Waals surface area contributed by atoms with E-state index in [1.165, 1.54) is 24.3 Å². The second-order valence-electron chi connectivity index (χ2n) is 5.86. The molecule has 0 radical (unpaired) electrons. The molecule has 7 nitrogen and oxygen atoms in total. The number of carbonyl (C=O) groups is 1. The standard InChI is InChI=1S/C19H13BrCl2N4O3S/c1-2-11-3-8-14(21)16(9-11)30(28,29)26-19(27)25-18-23-15(10-17(22)24-18)12-4-6-13(20)7-5-12/h2-10H,1H2,(H2,23,24,25,26,27). The first kappa shape index (κ1) is 22.2. The molecule has 0 aliphatic rings. The maximum absolute atomic E-state index is 12.5. The SMILES string of the molecule is C=Cc1ccc(Cl)c(S(=O)(=O)NC(=O)Nc2nc(Cl)cc(-c3ccc(Br)cc3)n2)c1. The Morgan fingerprint density at radius 2 is 1.77 bits per heavy atom. The van der Waals surface area contributed by atoms with Crippen molar-refractivity contribution in [1.82, 2.24) is 14.7 Å². The van der Waals surface area contributed by atoms with Gasteiger partial charge in [0, 0.05) is 16.1 Å². The lowest BCUT2D eigenvalue weighted by atomic mass is 10.1. The Morgan fingerprint density at radius 1 is 1.07 bits per heavy atom. The molecule has 1 heterocycles. The fourth-order valence-electron chi connectivity index (χ4n) is 2.40.